The molecule has 1 unspecified atom stereocenters. The van der Waals surface area contributed by atoms with E-state index in [9.17, 15) is 9.18 Å². The first-order chi connectivity index (χ1) is 14.2. The van der Waals surface area contributed by atoms with E-state index in [-0.39, 0.29) is 6.04 Å². The molecule has 0 radical (unpaired) electrons. The van der Waals surface area contributed by atoms with Crippen molar-refractivity contribution in [2.75, 3.05) is 7.05 Å². The van der Waals surface area contributed by atoms with Gasteiger partial charge in [0.15, 0.2) is 0 Å². The van der Waals surface area contributed by atoms with E-state index in [1.807, 2.05) is 19.2 Å². The number of nitrogens with one attached hydrogen (secondary N) is 2. The molecule has 0 saturated carbocycles. The van der Waals surface area contributed by atoms with Crippen LogP contribution in [0.2, 0.25) is 5.02 Å². The lowest BCUT2D eigenvalue weighted by Gasteiger charge is -2.17. The normalized spacial score (nSPS) is 13.5. The predicted molar refractivity (Wildman–Crippen MR) is 124 cm³/mol. The quantitative estimate of drug-likeness (QED) is 0.176. The number of halogens is 2. The minimum atomic E-state index is -1.18. The number of aryl methyl sites for hydroxylation is 1. The highest BCUT2D eigenvalue weighted by molar-refractivity contribution is 6.31. The third kappa shape index (κ3) is 9.68. The van der Waals surface area contributed by atoms with Gasteiger partial charge in [-0.25, -0.2) is 4.39 Å². The zero-order chi connectivity index (χ0) is 22.6. The van der Waals surface area contributed by atoms with Crippen molar-refractivity contribution >= 4 is 17.9 Å². The summed E-state index contributed by atoms with van der Waals surface area (Å²) >= 11 is 6.36. The van der Waals surface area contributed by atoms with Crippen LogP contribution in [0.1, 0.15) is 57.7 Å². The number of pyridine rings is 1. The molecule has 0 saturated heterocycles. The first-order valence-corrected chi connectivity index (χ1v) is 10.8. The number of aldehydes is 1. The van der Waals surface area contributed by atoms with Crippen LogP contribution < -0.4 is 10.6 Å². The van der Waals surface area contributed by atoms with Crippen molar-refractivity contribution in [1.29, 1.82) is 0 Å². The summed E-state index contributed by atoms with van der Waals surface area (Å²) in [5, 5.41) is 7.01. The second-order valence-corrected chi connectivity index (χ2v) is 8.36. The van der Waals surface area contributed by atoms with Gasteiger partial charge >= 0.3 is 0 Å². The minimum absolute atomic E-state index is 0.106. The molecule has 0 bridgehead atoms. The molecular weight excluding hydrogens is 401 g/mol. The molecule has 2 N–H and O–H groups in total. The van der Waals surface area contributed by atoms with E-state index in [0.29, 0.717) is 36.4 Å². The summed E-state index contributed by atoms with van der Waals surface area (Å²) in [5.41, 5.74) is 1.73. The van der Waals surface area contributed by atoms with Gasteiger partial charge in [0.2, 0.25) is 0 Å². The summed E-state index contributed by atoms with van der Waals surface area (Å²) in [7, 11) is 1.85. The predicted octanol–water partition coefficient (Wildman–Crippen LogP) is 5.48. The molecule has 0 amide bonds. The molecule has 0 aromatic carbocycles. The molecule has 166 valence electrons. The monoisotopic (exact) mass is 435 g/mol. The average molecular weight is 436 g/mol. The summed E-state index contributed by atoms with van der Waals surface area (Å²) in [5.74, 6) is 0. The maximum atomic E-state index is 13.6. The lowest BCUT2D eigenvalue weighted by atomic mass is 10.0. The van der Waals surface area contributed by atoms with Crippen LogP contribution in [0, 0.1) is 0 Å². The van der Waals surface area contributed by atoms with Crippen molar-refractivity contribution in [2.45, 2.75) is 71.1 Å². The molecule has 1 rings (SSSR count). The summed E-state index contributed by atoms with van der Waals surface area (Å²) in [6, 6.07) is 1.77. The molecule has 6 heteroatoms. The van der Waals surface area contributed by atoms with Gasteiger partial charge in [-0.1, -0.05) is 43.7 Å². The van der Waals surface area contributed by atoms with E-state index < -0.39 is 5.67 Å². The van der Waals surface area contributed by atoms with Crippen molar-refractivity contribution < 1.29 is 9.18 Å². The second kappa shape index (κ2) is 13.3. The third-order valence-electron chi connectivity index (χ3n) is 4.67. The van der Waals surface area contributed by atoms with E-state index in [1.165, 1.54) is 0 Å². The van der Waals surface area contributed by atoms with Crippen LogP contribution in [0.5, 0.6) is 0 Å². The Morgan fingerprint density at radius 1 is 1.43 bits per heavy atom. The number of carbonyl (C=O) groups is 1. The number of hydrogen-bond donors (Lipinski definition) is 2. The lowest BCUT2D eigenvalue weighted by Crippen LogP contribution is -2.27. The number of carbonyl (C=O) groups excluding carboxylic acids is 1. The molecule has 1 aromatic heterocycles. The fraction of sp³-hybridized carbons (Fsp3) is 0.500. The molecule has 0 aliphatic rings. The molecule has 0 aliphatic heterocycles. The van der Waals surface area contributed by atoms with Gasteiger partial charge in [-0.05, 0) is 63.8 Å². The van der Waals surface area contributed by atoms with Gasteiger partial charge in [0.1, 0.15) is 12.0 Å². The largest absolute Gasteiger partial charge is 0.386 e. The van der Waals surface area contributed by atoms with Crippen LogP contribution in [0.25, 0.3) is 0 Å². The van der Waals surface area contributed by atoms with Gasteiger partial charge in [0.25, 0.3) is 0 Å². The van der Waals surface area contributed by atoms with Gasteiger partial charge in [-0.3, -0.25) is 9.78 Å². The second-order valence-electron chi connectivity index (χ2n) is 7.95. The number of rotatable bonds is 14. The number of hydrogen-bond acceptors (Lipinski definition) is 4. The van der Waals surface area contributed by atoms with Gasteiger partial charge < -0.3 is 10.6 Å². The molecule has 0 spiro atoms. The first kappa shape index (κ1) is 26.1. The van der Waals surface area contributed by atoms with E-state index in [2.05, 4.69) is 35.2 Å². The Balaban J connectivity index is 2.79. The van der Waals surface area contributed by atoms with Gasteiger partial charge in [0, 0.05) is 24.5 Å². The molecular formula is C24H35ClFN3O. The molecule has 1 atom stereocenters. The van der Waals surface area contributed by atoms with Crippen molar-refractivity contribution in [3.8, 4) is 0 Å². The van der Waals surface area contributed by atoms with Gasteiger partial charge in [-0.2, -0.15) is 0 Å². The Labute approximate surface area is 185 Å². The molecule has 30 heavy (non-hydrogen) atoms. The topological polar surface area (TPSA) is 54.0 Å². The first-order valence-electron chi connectivity index (χ1n) is 10.5. The fourth-order valence-electron chi connectivity index (χ4n) is 2.95. The van der Waals surface area contributed by atoms with E-state index in [4.69, 9.17) is 11.6 Å². The van der Waals surface area contributed by atoms with Crippen molar-refractivity contribution in [3.05, 3.63) is 64.6 Å². The number of unbranched alkanes of at least 4 members (excludes halogenated alkanes) is 1. The van der Waals surface area contributed by atoms with Crippen molar-refractivity contribution in [3.63, 3.8) is 0 Å². The number of aromatic nitrogens is 1. The van der Waals surface area contributed by atoms with Crippen LogP contribution in [-0.4, -0.2) is 30.0 Å². The maximum absolute atomic E-state index is 13.6. The summed E-state index contributed by atoms with van der Waals surface area (Å²) in [6.45, 7) is 9.64. The Kier molecular flexibility index (Phi) is 11.6. The molecule has 1 aromatic rings. The Morgan fingerprint density at radius 3 is 2.73 bits per heavy atom. The fourth-order valence-corrected chi connectivity index (χ4v) is 3.23. The third-order valence-corrected chi connectivity index (χ3v) is 4.99. The average Bonchev–Trinajstić information content (AvgIpc) is 2.69. The zero-order valence-electron chi connectivity index (χ0n) is 18.6. The van der Waals surface area contributed by atoms with E-state index in [0.717, 1.165) is 36.0 Å². The number of alkyl halides is 1. The smallest absolute Gasteiger partial charge is 0.149 e. The molecule has 0 aliphatic carbocycles. The highest BCUT2D eigenvalue weighted by Crippen LogP contribution is 2.21. The van der Waals surface area contributed by atoms with Gasteiger partial charge in [0.05, 0.1) is 16.8 Å². The molecule has 0 fully saturated rings. The number of likely N-dealkylation sites (N-methyl/N-ethyl adjacent to an activating group) is 1. The molecule has 4 nitrogen and oxygen atoms in total. The summed E-state index contributed by atoms with van der Waals surface area (Å²) < 4.78 is 13.6. The van der Waals surface area contributed by atoms with Crippen molar-refractivity contribution in [2.24, 2.45) is 0 Å². The van der Waals surface area contributed by atoms with E-state index >= 15 is 0 Å². The van der Waals surface area contributed by atoms with Crippen LogP contribution in [0.3, 0.4) is 0 Å². The Bertz CT molecular complexity index is 753. The summed E-state index contributed by atoms with van der Waals surface area (Å²) in [4.78, 5) is 15.7. The standard InChI is InChI=1S/C24H35ClFN3O/c1-6-7-8-10-22(27-5)20(18(2)17-30)16-28-14-19-13-21(25)23(29-15-19)11-9-12-24(3,4)26/h8,10,13,15-17,22,27-28H,2,6-7,9,11-12,14H2,1,3-5H3/b10-8-,20-16-. The van der Waals surface area contributed by atoms with Gasteiger partial charge in [-0.15, -0.1) is 0 Å². The number of allylic oxidation sites excluding steroid dienone is 1. The van der Waals surface area contributed by atoms with E-state index in [1.54, 1.807) is 26.2 Å². The van der Waals surface area contributed by atoms with Crippen LogP contribution in [0.4, 0.5) is 4.39 Å². The Hall–Kier alpha value is -1.98. The molecule has 1 heterocycles. The highest BCUT2D eigenvalue weighted by Gasteiger charge is 2.15. The van der Waals surface area contributed by atoms with Crippen molar-refractivity contribution in [1.82, 2.24) is 15.6 Å². The number of nitrogens with zero attached hydrogens (tertiary/aromatic N) is 1. The van der Waals surface area contributed by atoms with Crippen LogP contribution in [-0.2, 0) is 17.8 Å². The lowest BCUT2D eigenvalue weighted by molar-refractivity contribution is -0.104. The SMILES string of the molecule is C=C(C=O)/C(=C/NCc1cnc(CCCC(C)(C)F)c(Cl)c1)C(/C=C\CCC)NC. The van der Waals surface area contributed by atoms with Crippen LogP contribution >= 0.6 is 11.6 Å². The van der Waals surface area contributed by atoms with Crippen LogP contribution in [0.15, 0.2) is 48.3 Å². The summed E-state index contributed by atoms with van der Waals surface area (Å²) in [6.07, 6.45) is 12.3. The zero-order valence-corrected chi connectivity index (χ0v) is 19.4. The maximum Gasteiger partial charge on any atom is 0.149 e. The Morgan fingerprint density at radius 2 is 2.17 bits per heavy atom. The highest BCUT2D eigenvalue weighted by atomic mass is 35.5. The minimum Gasteiger partial charge on any atom is -0.386 e.